The van der Waals surface area contributed by atoms with Gasteiger partial charge in [-0.25, -0.2) is 0 Å². The number of carboxylic acids is 1. The van der Waals surface area contributed by atoms with Gasteiger partial charge in [0, 0.05) is 43.6 Å². The van der Waals surface area contributed by atoms with E-state index in [-0.39, 0.29) is 47.3 Å². The lowest BCUT2D eigenvalue weighted by molar-refractivity contribution is -0.141. The summed E-state index contributed by atoms with van der Waals surface area (Å²) in [6.07, 6.45) is -1.25. The molecule has 1 aliphatic heterocycles. The van der Waals surface area contributed by atoms with Crippen LogP contribution in [0, 0.1) is 5.92 Å². The number of guanidine groups is 1. The largest absolute Gasteiger partial charge is 0.481 e. The number of anilines is 1. The summed E-state index contributed by atoms with van der Waals surface area (Å²) in [5.41, 5.74) is 2.58. The zero-order chi connectivity index (χ0) is 30.9. The molecule has 0 radical (unpaired) electrons. The molecule has 5 N–H and O–H groups in total. The summed E-state index contributed by atoms with van der Waals surface area (Å²) in [6.45, 7) is 0.317. The van der Waals surface area contributed by atoms with Gasteiger partial charge in [0.05, 0.1) is 34.2 Å². The van der Waals surface area contributed by atoms with Gasteiger partial charge in [-0.1, -0.05) is 65.7 Å². The Morgan fingerprint density at radius 3 is 2.30 bits per heavy atom. The lowest BCUT2D eigenvalue weighted by Crippen LogP contribution is -2.42. The average Bonchev–Trinajstić information content (AvgIpc) is 2.99. The van der Waals surface area contributed by atoms with Gasteiger partial charge in [0.2, 0.25) is 5.91 Å². The fraction of sp³-hybridized carbons (Fsp3) is 0.258. The first-order chi connectivity index (χ1) is 20.6. The van der Waals surface area contributed by atoms with Crippen LogP contribution in [0.3, 0.4) is 0 Å². The molecule has 0 spiro atoms. The van der Waals surface area contributed by atoms with Crippen molar-refractivity contribution >= 4 is 58.3 Å². The first-order valence-electron chi connectivity index (χ1n) is 13.5. The van der Waals surface area contributed by atoms with E-state index in [1.165, 1.54) is 0 Å². The van der Waals surface area contributed by atoms with Crippen molar-refractivity contribution < 1.29 is 29.4 Å². The Labute approximate surface area is 258 Å². The van der Waals surface area contributed by atoms with Crippen molar-refractivity contribution in [2.24, 2.45) is 10.9 Å². The summed E-state index contributed by atoms with van der Waals surface area (Å²) in [5, 5.41) is 27.9. The van der Waals surface area contributed by atoms with Crippen molar-refractivity contribution in [3.05, 3.63) is 87.9 Å². The van der Waals surface area contributed by atoms with E-state index >= 15 is 0 Å². The van der Waals surface area contributed by atoms with Gasteiger partial charge in [0.25, 0.3) is 0 Å². The Bertz CT molecular complexity index is 1520. The van der Waals surface area contributed by atoms with Crippen LogP contribution in [0.5, 0.6) is 0 Å². The molecule has 3 aromatic rings. The molecule has 4 rings (SSSR count). The number of aliphatic hydroxyl groups excluding tert-OH is 1. The van der Waals surface area contributed by atoms with Gasteiger partial charge in [-0.2, -0.15) is 0 Å². The van der Waals surface area contributed by atoms with E-state index in [2.05, 4.69) is 20.9 Å². The number of nitrogens with one attached hydrogen (secondary N) is 3. The lowest BCUT2D eigenvalue weighted by Gasteiger charge is -2.20. The Morgan fingerprint density at radius 1 is 0.930 bits per heavy atom. The quantitative estimate of drug-likeness (QED) is 0.185. The predicted molar refractivity (Wildman–Crippen MR) is 165 cm³/mol. The van der Waals surface area contributed by atoms with E-state index < -0.39 is 36.1 Å². The standard InChI is InChI=1S/C31H30Cl2N4O6/c32-24-12-20(18-5-2-1-3-6-18)13-25(33)29(24)27(40)14-21(30(42)43)15-34-28(41)10-9-26(39)19-7-4-8-22(11-19)37-31-35-16-23(38)17-36-31/h1-8,11-13,21,23,38H,9-10,14-17H2,(H,34,41)(H,42,43)(H2,35,36,37)/t21-/m0/s1. The van der Waals surface area contributed by atoms with Crippen molar-refractivity contribution in [3.63, 3.8) is 0 Å². The van der Waals surface area contributed by atoms with Gasteiger partial charge in [-0.3, -0.25) is 24.2 Å². The number of aliphatic carboxylic acids is 1. The minimum Gasteiger partial charge on any atom is -0.481 e. The summed E-state index contributed by atoms with van der Waals surface area (Å²) >= 11 is 12.8. The Balaban J connectivity index is 1.29. The molecule has 1 amide bonds. The molecule has 0 aromatic heterocycles. The minimum absolute atomic E-state index is 0.0202. The molecule has 10 nitrogen and oxygen atoms in total. The van der Waals surface area contributed by atoms with E-state index in [0.717, 1.165) is 5.56 Å². The number of rotatable bonds is 12. The summed E-state index contributed by atoms with van der Waals surface area (Å²) in [4.78, 5) is 54.2. The number of hydrogen-bond donors (Lipinski definition) is 5. The number of aliphatic imine (C=N–C) groups is 1. The maximum Gasteiger partial charge on any atom is 0.308 e. The summed E-state index contributed by atoms with van der Waals surface area (Å²) in [7, 11) is 0. The zero-order valence-electron chi connectivity index (χ0n) is 23.0. The van der Waals surface area contributed by atoms with Gasteiger partial charge in [-0.15, -0.1) is 0 Å². The molecule has 3 aromatic carbocycles. The molecule has 1 heterocycles. The molecule has 0 saturated carbocycles. The second kappa shape index (κ2) is 14.8. The molecule has 1 unspecified atom stereocenters. The molecular weight excluding hydrogens is 595 g/mol. The zero-order valence-corrected chi connectivity index (χ0v) is 24.5. The second-order valence-electron chi connectivity index (χ2n) is 10.0. The van der Waals surface area contributed by atoms with Gasteiger partial charge in [-0.05, 0) is 35.4 Å². The summed E-state index contributed by atoms with van der Waals surface area (Å²) in [5.74, 6) is -3.38. The molecule has 1 aliphatic rings. The van der Waals surface area contributed by atoms with Crippen LogP contribution in [0.2, 0.25) is 10.0 Å². The number of hydrogen-bond acceptors (Lipinski definition) is 8. The predicted octanol–water partition coefficient (Wildman–Crippen LogP) is 4.45. The maximum absolute atomic E-state index is 13.0. The number of amides is 1. The fourth-order valence-corrected chi connectivity index (χ4v) is 5.13. The van der Waals surface area contributed by atoms with Crippen LogP contribution in [0.4, 0.5) is 5.69 Å². The highest BCUT2D eigenvalue weighted by Gasteiger charge is 2.26. The van der Waals surface area contributed by atoms with Crippen molar-refractivity contribution in [3.8, 4) is 11.1 Å². The molecule has 0 saturated heterocycles. The van der Waals surface area contributed by atoms with Crippen LogP contribution in [0.25, 0.3) is 11.1 Å². The molecule has 0 bridgehead atoms. The molecule has 2 atom stereocenters. The topological polar surface area (TPSA) is 157 Å². The number of carboxylic acid groups (broad SMARTS) is 1. The number of halogens is 2. The Hall–Kier alpha value is -4.25. The number of nitrogens with zero attached hydrogens (tertiary/aromatic N) is 1. The van der Waals surface area contributed by atoms with Crippen LogP contribution in [-0.4, -0.2) is 65.4 Å². The number of β-amino-alcohol motifs (C(OH)–C–C–N with tert-alkyl or cyclic N) is 1. The highest BCUT2D eigenvalue weighted by molar-refractivity contribution is 6.40. The number of Topliss-reactive ketones (excluding diaryl/α,β-unsaturated/α-hetero) is 2. The van der Waals surface area contributed by atoms with Crippen LogP contribution >= 0.6 is 23.2 Å². The fourth-order valence-electron chi connectivity index (χ4n) is 4.43. The van der Waals surface area contributed by atoms with Crippen LogP contribution in [0.1, 0.15) is 40.0 Å². The molecule has 224 valence electrons. The van der Waals surface area contributed by atoms with E-state index in [9.17, 15) is 29.4 Å². The minimum atomic E-state index is -1.27. The van der Waals surface area contributed by atoms with Crippen LogP contribution < -0.4 is 16.0 Å². The first-order valence-corrected chi connectivity index (χ1v) is 14.3. The molecule has 43 heavy (non-hydrogen) atoms. The van der Waals surface area contributed by atoms with E-state index in [1.807, 2.05) is 30.3 Å². The summed E-state index contributed by atoms with van der Waals surface area (Å²) < 4.78 is 0. The van der Waals surface area contributed by atoms with Gasteiger partial charge < -0.3 is 26.2 Å². The number of aliphatic hydroxyl groups is 1. The smallest absolute Gasteiger partial charge is 0.308 e. The third-order valence-electron chi connectivity index (χ3n) is 6.75. The van der Waals surface area contributed by atoms with Gasteiger partial charge in [0.1, 0.15) is 0 Å². The first kappa shape index (κ1) is 31.7. The van der Waals surface area contributed by atoms with Crippen LogP contribution in [0.15, 0.2) is 71.7 Å². The monoisotopic (exact) mass is 624 g/mol. The molecule has 12 heteroatoms. The third-order valence-corrected chi connectivity index (χ3v) is 7.34. The Kier molecular flexibility index (Phi) is 10.9. The lowest BCUT2D eigenvalue weighted by atomic mass is 9.96. The van der Waals surface area contributed by atoms with Crippen LogP contribution in [-0.2, 0) is 9.59 Å². The number of ketones is 2. The summed E-state index contributed by atoms with van der Waals surface area (Å²) in [6, 6.07) is 19.2. The van der Waals surface area contributed by atoms with Crippen molar-refractivity contribution in [2.45, 2.75) is 25.4 Å². The highest BCUT2D eigenvalue weighted by Crippen LogP contribution is 2.33. The number of carbonyl (C=O) groups excluding carboxylic acids is 3. The normalized spacial score (nSPS) is 15.0. The second-order valence-corrected chi connectivity index (χ2v) is 10.8. The molecule has 0 fully saturated rings. The average molecular weight is 626 g/mol. The van der Waals surface area contributed by atoms with Crippen molar-refractivity contribution in [1.29, 1.82) is 0 Å². The SMILES string of the molecule is O=C(CCC(=O)c1cccc(NC2=NCC(O)CN2)c1)NC[C@H](CC(=O)c1c(Cl)cc(-c2ccccc2)cc1Cl)C(=O)O. The van der Waals surface area contributed by atoms with Gasteiger partial charge >= 0.3 is 5.97 Å². The maximum atomic E-state index is 13.0. The third kappa shape index (κ3) is 8.87. The van der Waals surface area contributed by atoms with E-state index in [4.69, 9.17) is 23.2 Å². The van der Waals surface area contributed by atoms with Gasteiger partial charge in [0.15, 0.2) is 17.5 Å². The highest BCUT2D eigenvalue weighted by atomic mass is 35.5. The van der Waals surface area contributed by atoms with E-state index in [1.54, 1.807) is 36.4 Å². The molecule has 0 aliphatic carbocycles. The van der Waals surface area contributed by atoms with Crippen molar-refractivity contribution in [2.75, 3.05) is 25.0 Å². The van der Waals surface area contributed by atoms with E-state index in [0.29, 0.717) is 29.3 Å². The Morgan fingerprint density at radius 2 is 1.65 bits per heavy atom. The number of benzene rings is 3. The number of carbonyl (C=O) groups is 4. The van der Waals surface area contributed by atoms with Crippen molar-refractivity contribution in [1.82, 2.24) is 10.6 Å². The molecular formula is C31H30Cl2N4O6.